The van der Waals surface area contributed by atoms with Crippen LogP contribution in [0, 0.1) is 0 Å². The van der Waals surface area contributed by atoms with Crippen molar-refractivity contribution in [3.05, 3.63) is 46.6 Å². The van der Waals surface area contributed by atoms with E-state index in [1.54, 1.807) is 0 Å². The van der Waals surface area contributed by atoms with Gasteiger partial charge in [0.25, 0.3) is 0 Å². The highest BCUT2D eigenvalue weighted by molar-refractivity contribution is 6.42. The van der Waals surface area contributed by atoms with Crippen molar-refractivity contribution < 1.29 is 4.74 Å². The monoisotopic (exact) mass is 273 g/mol. The summed E-state index contributed by atoms with van der Waals surface area (Å²) in [7, 11) is 0. The van der Waals surface area contributed by atoms with E-state index in [1.807, 2.05) is 18.2 Å². The Morgan fingerprint density at radius 1 is 1.41 bits per heavy atom. The Labute approximate surface area is 113 Å². The van der Waals surface area contributed by atoms with E-state index < -0.39 is 0 Å². The SMILES string of the molecule is C=COCCCNC(C)c1ccc(Cl)c(Cl)c1. The highest BCUT2D eigenvalue weighted by Gasteiger charge is 2.06. The minimum atomic E-state index is 0.244. The van der Waals surface area contributed by atoms with Gasteiger partial charge in [0.05, 0.1) is 22.9 Å². The summed E-state index contributed by atoms with van der Waals surface area (Å²) >= 11 is 11.8. The first-order valence-corrected chi connectivity index (χ1v) is 6.31. The van der Waals surface area contributed by atoms with E-state index in [0.717, 1.165) is 18.5 Å². The number of benzene rings is 1. The second-order valence-electron chi connectivity index (χ2n) is 3.74. The molecule has 1 aromatic rings. The fraction of sp³-hybridized carbons (Fsp3) is 0.385. The fourth-order valence-electron chi connectivity index (χ4n) is 1.46. The number of nitrogens with one attached hydrogen (secondary N) is 1. The van der Waals surface area contributed by atoms with Crippen molar-refractivity contribution in [1.82, 2.24) is 5.32 Å². The van der Waals surface area contributed by atoms with E-state index in [2.05, 4.69) is 18.8 Å². The molecule has 2 nitrogen and oxygen atoms in total. The topological polar surface area (TPSA) is 21.3 Å². The summed E-state index contributed by atoms with van der Waals surface area (Å²) in [5, 5.41) is 4.56. The molecule has 1 rings (SSSR count). The lowest BCUT2D eigenvalue weighted by Crippen LogP contribution is -2.20. The largest absolute Gasteiger partial charge is 0.502 e. The molecule has 1 N–H and O–H groups in total. The number of ether oxygens (including phenoxy) is 1. The summed E-state index contributed by atoms with van der Waals surface area (Å²) in [6, 6.07) is 5.93. The lowest BCUT2D eigenvalue weighted by Gasteiger charge is -2.14. The Morgan fingerprint density at radius 2 is 2.18 bits per heavy atom. The number of halogens is 2. The van der Waals surface area contributed by atoms with Gasteiger partial charge in [-0.25, -0.2) is 0 Å². The van der Waals surface area contributed by atoms with Gasteiger partial charge in [-0.3, -0.25) is 0 Å². The van der Waals surface area contributed by atoms with Crippen LogP contribution in [-0.2, 0) is 4.74 Å². The first-order valence-electron chi connectivity index (χ1n) is 5.56. The van der Waals surface area contributed by atoms with Crippen molar-refractivity contribution in [1.29, 1.82) is 0 Å². The lowest BCUT2D eigenvalue weighted by atomic mass is 10.1. The maximum absolute atomic E-state index is 5.97. The van der Waals surface area contributed by atoms with Crippen molar-refractivity contribution in [2.75, 3.05) is 13.2 Å². The molecule has 94 valence electrons. The van der Waals surface area contributed by atoms with Crippen LogP contribution in [0.2, 0.25) is 10.0 Å². The second-order valence-corrected chi connectivity index (χ2v) is 4.55. The lowest BCUT2D eigenvalue weighted by molar-refractivity contribution is 0.243. The Bertz CT molecular complexity index is 368. The third kappa shape index (κ3) is 4.99. The molecule has 0 spiro atoms. The molecule has 0 aliphatic rings. The van der Waals surface area contributed by atoms with E-state index in [0.29, 0.717) is 16.7 Å². The van der Waals surface area contributed by atoms with Crippen LogP contribution < -0.4 is 5.32 Å². The molecule has 17 heavy (non-hydrogen) atoms. The third-order valence-electron chi connectivity index (χ3n) is 2.45. The van der Waals surface area contributed by atoms with Crippen molar-refractivity contribution in [2.45, 2.75) is 19.4 Å². The molecule has 0 saturated heterocycles. The summed E-state index contributed by atoms with van der Waals surface area (Å²) in [5.74, 6) is 0. The summed E-state index contributed by atoms with van der Waals surface area (Å²) in [6.07, 6.45) is 2.40. The van der Waals surface area contributed by atoms with Crippen molar-refractivity contribution in [3.8, 4) is 0 Å². The standard InChI is InChI=1S/C13H17Cl2NO/c1-3-17-8-4-7-16-10(2)11-5-6-12(14)13(15)9-11/h3,5-6,9-10,16H,1,4,7-8H2,2H3. The zero-order valence-electron chi connectivity index (χ0n) is 9.88. The van der Waals surface area contributed by atoms with Gasteiger partial charge < -0.3 is 10.1 Å². The van der Waals surface area contributed by atoms with Gasteiger partial charge in [0.1, 0.15) is 0 Å². The summed E-state index contributed by atoms with van der Waals surface area (Å²) in [6.45, 7) is 7.15. The Hall–Kier alpha value is -0.700. The van der Waals surface area contributed by atoms with Crippen LogP contribution >= 0.6 is 23.2 Å². The van der Waals surface area contributed by atoms with Crippen molar-refractivity contribution in [3.63, 3.8) is 0 Å². The van der Waals surface area contributed by atoms with Gasteiger partial charge in [-0.05, 0) is 37.6 Å². The molecule has 0 heterocycles. The van der Waals surface area contributed by atoms with Gasteiger partial charge in [-0.1, -0.05) is 35.8 Å². The molecule has 1 aromatic carbocycles. The smallest absolute Gasteiger partial charge is 0.0885 e. The molecule has 0 radical (unpaired) electrons. The minimum Gasteiger partial charge on any atom is -0.502 e. The number of rotatable bonds is 7. The summed E-state index contributed by atoms with van der Waals surface area (Å²) < 4.78 is 5.04. The predicted molar refractivity (Wildman–Crippen MR) is 73.6 cm³/mol. The second kappa shape index (κ2) is 7.59. The van der Waals surface area contributed by atoms with Crippen LogP contribution in [0.1, 0.15) is 24.9 Å². The van der Waals surface area contributed by atoms with Gasteiger partial charge in [0.2, 0.25) is 0 Å². The molecular weight excluding hydrogens is 257 g/mol. The molecule has 0 fully saturated rings. The van der Waals surface area contributed by atoms with Gasteiger partial charge in [-0.2, -0.15) is 0 Å². The number of hydrogen-bond acceptors (Lipinski definition) is 2. The Kier molecular flexibility index (Phi) is 6.41. The maximum atomic E-state index is 5.97. The van der Waals surface area contributed by atoms with Crippen LogP contribution in [-0.4, -0.2) is 13.2 Å². The molecule has 1 atom stereocenters. The molecule has 0 bridgehead atoms. The van der Waals surface area contributed by atoms with Crippen LogP contribution in [0.25, 0.3) is 0 Å². The molecular formula is C13H17Cl2NO. The minimum absolute atomic E-state index is 0.244. The van der Waals surface area contributed by atoms with E-state index in [-0.39, 0.29) is 6.04 Å². The van der Waals surface area contributed by atoms with Gasteiger partial charge >= 0.3 is 0 Å². The van der Waals surface area contributed by atoms with Crippen LogP contribution in [0.5, 0.6) is 0 Å². The third-order valence-corrected chi connectivity index (χ3v) is 3.19. The highest BCUT2D eigenvalue weighted by atomic mass is 35.5. The molecule has 0 saturated carbocycles. The van der Waals surface area contributed by atoms with E-state index in [4.69, 9.17) is 27.9 Å². The van der Waals surface area contributed by atoms with Gasteiger partial charge in [-0.15, -0.1) is 0 Å². The first-order chi connectivity index (χ1) is 8.15. The number of hydrogen-bond donors (Lipinski definition) is 1. The van der Waals surface area contributed by atoms with Crippen LogP contribution in [0.4, 0.5) is 0 Å². The van der Waals surface area contributed by atoms with Gasteiger partial charge in [0, 0.05) is 6.04 Å². The van der Waals surface area contributed by atoms with E-state index in [1.165, 1.54) is 6.26 Å². The molecule has 0 amide bonds. The van der Waals surface area contributed by atoms with Crippen molar-refractivity contribution in [2.24, 2.45) is 0 Å². The Morgan fingerprint density at radius 3 is 2.82 bits per heavy atom. The summed E-state index contributed by atoms with van der Waals surface area (Å²) in [5.41, 5.74) is 1.13. The highest BCUT2D eigenvalue weighted by Crippen LogP contribution is 2.25. The zero-order valence-corrected chi connectivity index (χ0v) is 11.4. The first kappa shape index (κ1) is 14.4. The summed E-state index contributed by atoms with van der Waals surface area (Å²) in [4.78, 5) is 0. The molecule has 0 aromatic heterocycles. The fourth-order valence-corrected chi connectivity index (χ4v) is 1.76. The molecule has 0 aliphatic heterocycles. The maximum Gasteiger partial charge on any atom is 0.0885 e. The Balaban J connectivity index is 2.38. The van der Waals surface area contributed by atoms with Gasteiger partial charge in [0.15, 0.2) is 0 Å². The van der Waals surface area contributed by atoms with Crippen molar-refractivity contribution >= 4 is 23.2 Å². The average molecular weight is 274 g/mol. The van der Waals surface area contributed by atoms with Crippen LogP contribution in [0.15, 0.2) is 31.0 Å². The van der Waals surface area contributed by atoms with E-state index in [9.17, 15) is 0 Å². The quantitative estimate of drug-likeness (QED) is 0.594. The predicted octanol–water partition coefficient (Wildman–Crippen LogP) is 4.19. The molecule has 1 unspecified atom stereocenters. The average Bonchev–Trinajstić information content (AvgIpc) is 2.32. The molecule has 0 aliphatic carbocycles. The van der Waals surface area contributed by atoms with Crippen LogP contribution in [0.3, 0.4) is 0 Å². The van der Waals surface area contributed by atoms with E-state index >= 15 is 0 Å². The zero-order chi connectivity index (χ0) is 12.7. The normalized spacial score (nSPS) is 12.2. The molecule has 4 heteroatoms.